The third-order valence-electron chi connectivity index (χ3n) is 6.29. The van der Waals surface area contributed by atoms with Gasteiger partial charge in [0, 0.05) is 37.8 Å². The van der Waals surface area contributed by atoms with Crippen LogP contribution in [0.2, 0.25) is 5.02 Å². The molecule has 2 saturated heterocycles. The summed E-state index contributed by atoms with van der Waals surface area (Å²) in [5, 5.41) is 1.42. The lowest BCUT2D eigenvalue weighted by Gasteiger charge is -2.39. The molecule has 4 rings (SSSR count). The number of piperidine rings is 1. The van der Waals surface area contributed by atoms with Gasteiger partial charge >= 0.3 is 0 Å². The quantitative estimate of drug-likeness (QED) is 0.578. The van der Waals surface area contributed by atoms with Gasteiger partial charge in [-0.05, 0) is 43.7 Å². The topological polar surface area (TPSA) is 91.8 Å². The average Bonchev–Trinajstić information content (AvgIpc) is 3.46. The molecule has 0 bridgehead atoms. The van der Waals surface area contributed by atoms with Gasteiger partial charge in [-0.3, -0.25) is 14.4 Å². The average molecular weight is 515 g/mol. The van der Waals surface area contributed by atoms with E-state index in [-0.39, 0.29) is 37.8 Å². The normalized spacial score (nSPS) is 18.3. The van der Waals surface area contributed by atoms with E-state index in [4.69, 9.17) is 11.6 Å². The second-order valence-corrected chi connectivity index (χ2v) is 12.8. The summed E-state index contributed by atoms with van der Waals surface area (Å²) in [6.45, 7) is 3.85. The molecular weight excluding hydrogens is 492 g/mol. The van der Waals surface area contributed by atoms with Crippen molar-refractivity contribution in [3.05, 3.63) is 37.2 Å². The minimum absolute atomic E-state index is 0.00439. The first-order valence-electron chi connectivity index (χ1n) is 10.2. The number of Topliss-reactive ketones (excluding diaryl/α,β-unsaturated/α-hetero) is 1. The Balaban J connectivity index is 1.40. The smallest absolute Gasteiger partial charge is 0.265 e. The van der Waals surface area contributed by atoms with Gasteiger partial charge in [0.25, 0.3) is 11.8 Å². The van der Waals surface area contributed by atoms with Gasteiger partial charge < -0.3 is 9.80 Å². The fourth-order valence-corrected chi connectivity index (χ4v) is 8.11. The van der Waals surface area contributed by atoms with Crippen LogP contribution >= 0.6 is 34.3 Å². The molecule has 2 aliphatic heterocycles. The first kappa shape index (κ1) is 23.4. The molecule has 0 aromatic carbocycles. The first-order valence-corrected chi connectivity index (χ1v) is 14.1. The Morgan fingerprint density at radius 2 is 1.59 bits per heavy atom. The Morgan fingerprint density at radius 1 is 1.00 bits per heavy atom. The highest BCUT2D eigenvalue weighted by molar-refractivity contribution is 7.91. The van der Waals surface area contributed by atoms with Crippen molar-refractivity contribution in [2.75, 3.05) is 32.4 Å². The predicted molar refractivity (Wildman–Crippen MR) is 125 cm³/mol. The molecule has 7 nitrogen and oxygen atoms in total. The lowest BCUT2D eigenvalue weighted by atomic mass is 9.78. The molecule has 1 spiro atoms. The van der Waals surface area contributed by atoms with Crippen molar-refractivity contribution in [2.45, 2.75) is 31.1 Å². The highest BCUT2D eigenvalue weighted by Gasteiger charge is 2.43. The molecule has 2 fully saturated rings. The van der Waals surface area contributed by atoms with Crippen LogP contribution in [0, 0.1) is 5.41 Å². The van der Waals surface area contributed by atoms with Crippen LogP contribution in [0.3, 0.4) is 0 Å². The molecule has 0 atom stereocenters. The predicted octanol–water partition coefficient (Wildman–Crippen LogP) is 3.84. The first-order chi connectivity index (χ1) is 15.0. The summed E-state index contributed by atoms with van der Waals surface area (Å²) in [6.07, 6.45) is 3.50. The van der Waals surface area contributed by atoms with Crippen molar-refractivity contribution in [1.82, 2.24) is 9.80 Å². The number of hydrogen-bond acceptors (Lipinski definition) is 7. The van der Waals surface area contributed by atoms with Gasteiger partial charge in [-0.25, -0.2) is 8.42 Å². The van der Waals surface area contributed by atoms with E-state index >= 15 is 0 Å². The lowest BCUT2D eigenvalue weighted by Crippen LogP contribution is -2.44. The Hall–Kier alpha value is -1.75. The van der Waals surface area contributed by atoms with Gasteiger partial charge in [-0.15, -0.1) is 22.7 Å². The number of halogens is 1. The SMILES string of the molecule is CC(=O)c1ccc(C(=O)N2CCC3(CC2)CCN(C(=O)c2scc(S(C)(=O)=O)c2Cl)C3)s1. The van der Waals surface area contributed by atoms with Crippen LogP contribution < -0.4 is 0 Å². The number of sulfone groups is 1. The maximum Gasteiger partial charge on any atom is 0.265 e. The molecule has 2 amide bonds. The maximum absolute atomic E-state index is 13.0. The molecule has 32 heavy (non-hydrogen) atoms. The molecule has 0 aliphatic carbocycles. The monoisotopic (exact) mass is 514 g/mol. The lowest BCUT2D eigenvalue weighted by molar-refractivity contribution is 0.0570. The standard InChI is InChI=1S/C21H23ClN2O5S3/c1-13(25)14-3-4-15(31-14)19(26)23-8-5-21(6-9-23)7-10-24(12-21)20(27)18-17(22)16(11-30-18)32(2,28)29/h3-4,11H,5-10,12H2,1-2H3. The molecule has 2 aromatic rings. The molecule has 0 N–H and O–H groups in total. The largest absolute Gasteiger partial charge is 0.338 e. The molecule has 0 unspecified atom stereocenters. The summed E-state index contributed by atoms with van der Waals surface area (Å²) in [5.41, 5.74) is -0.0458. The van der Waals surface area contributed by atoms with Crippen LogP contribution in [0.25, 0.3) is 0 Å². The Morgan fingerprint density at radius 3 is 2.12 bits per heavy atom. The molecule has 172 valence electrons. The van der Waals surface area contributed by atoms with E-state index in [2.05, 4.69) is 0 Å². The van der Waals surface area contributed by atoms with Crippen LogP contribution in [-0.4, -0.2) is 68.3 Å². The van der Waals surface area contributed by atoms with Crippen molar-refractivity contribution in [1.29, 1.82) is 0 Å². The summed E-state index contributed by atoms with van der Waals surface area (Å²) in [5.74, 6) is -0.334. The van der Waals surface area contributed by atoms with Crippen molar-refractivity contribution in [3.8, 4) is 0 Å². The number of likely N-dealkylation sites (tertiary alicyclic amines) is 2. The molecule has 0 radical (unpaired) electrons. The van der Waals surface area contributed by atoms with Gasteiger partial charge in [0.05, 0.1) is 19.7 Å². The fourth-order valence-electron chi connectivity index (χ4n) is 4.36. The van der Waals surface area contributed by atoms with E-state index in [1.165, 1.54) is 23.6 Å². The fraction of sp³-hybridized carbons (Fsp3) is 0.476. The number of ketones is 1. The summed E-state index contributed by atoms with van der Waals surface area (Å²) in [6, 6.07) is 3.40. The van der Waals surface area contributed by atoms with Gasteiger partial charge in [-0.2, -0.15) is 0 Å². The van der Waals surface area contributed by atoms with Gasteiger partial charge in [0.2, 0.25) is 0 Å². The maximum atomic E-state index is 13.0. The van der Waals surface area contributed by atoms with Crippen molar-refractivity contribution >= 4 is 61.7 Å². The van der Waals surface area contributed by atoms with Crippen LogP contribution in [0.1, 0.15) is 55.2 Å². The number of carbonyl (C=O) groups is 3. The summed E-state index contributed by atoms with van der Waals surface area (Å²) < 4.78 is 23.7. The van der Waals surface area contributed by atoms with E-state index in [0.717, 1.165) is 36.9 Å². The molecule has 2 aliphatic rings. The van der Waals surface area contributed by atoms with E-state index in [1.54, 1.807) is 17.0 Å². The minimum atomic E-state index is -3.48. The Bertz CT molecular complexity index is 1190. The van der Waals surface area contributed by atoms with E-state index in [1.807, 2.05) is 4.90 Å². The highest BCUT2D eigenvalue weighted by Crippen LogP contribution is 2.42. The number of thiophene rings is 2. The number of rotatable bonds is 4. The number of hydrogen-bond donors (Lipinski definition) is 0. The van der Waals surface area contributed by atoms with Crippen molar-refractivity contribution in [2.24, 2.45) is 5.41 Å². The molecule has 0 saturated carbocycles. The second-order valence-electron chi connectivity index (χ2n) is 8.50. The number of carbonyl (C=O) groups excluding carboxylic acids is 3. The van der Waals surface area contributed by atoms with Crippen LogP contribution in [0.15, 0.2) is 22.4 Å². The van der Waals surface area contributed by atoms with Gasteiger partial charge in [0.15, 0.2) is 15.6 Å². The zero-order valence-corrected chi connectivity index (χ0v) is 20.9. The molecule has 4 heterocycles. The summed E-state index contributed by atoms with van der Waals surface area (Å²) >= 11 is 8.50. The van der Waals surface area contributed by atoms with Crippen LogP contribution in [0.4, 0.5) is 0 Å². The third-order valence-corrected chi connectivity index (χ3v) is 10.3. The second kappa shape index (κ2) is 8.55. The summed E-state index contributed by atoms with van der Waals surface area (Å²) in [7, 11) is -3.48. The van der Waals surface area contributed by atoms with Crippen molar-refractivity contribution < 1.29 is 22.8 Å². The molecule has 2 aromatic heterocycles. The molecular formula is C21H23ClN2O5S3. The number of amides is 2. The minimum Gasteiger partial charge on any atom is -0.338 e. The van der Waals surface area contributed by atoms with E-state index in [0.29, 0.717) is 35.9 Å². The zero-order valence-electron chi connectivity index (χ0n) is 17.7. The molecule has 11 heteroatoms. The zero-order chi connectivity index (χ0) is 23.3. The van der Waals surface area contributed by atoms with E-state index in [9.17, 15) is 22.8 Å². The van der Waals surface area contributed by atoms with Gasteiger partial charge in [0.1, 0.15) is 4.88 Å². The van der Waals surface area contributed by atoms with Crippen molar-refractivity contribution in [3.63, 3.8) is 0 Å². The van der Waals surface area contributed by atoms with Crippen LogP contribution in [-0.2, 0) is 9.84 Å². The van der Waals surface area contributed by atoms with Gasteiger partial charge in [-0.1, -0.05) is 11.6 Å². The Kier molecular flexibility index (Phi) is 6.26. The summed E-state index contributed by atoms with van der Waals surface area (Å²) in [4.78, 5) is 42.3. The highest BCUT2D eigenvalue weighted by atomic mass is 35.5. The number of nitrogens with zero attached hydrogens (tertiary/aromatic N) is 2. The third kappa shape index (κ3) is 4.37. The van der Waals surface area contributed by atoms with Crippen LogP contribution in [0.5, 0.6) is 0 Å². The Labute approximate surface area is 199 Å². The van der Waals surface area contributed by atoms with E-state index < -0.39 is 9.84 Å².